The summed E-state index contributed by atoms with van der Waals surface area (Å²) >= 11 is 0. The molecule has 0 bridgehead atoms. The third-order valence-electron chi connectivity index (χ3n) is 4.22. The van der Waals surface area contributed by atoms with Crippen molar-refractivity contribution in [2.75, 3.05) is 45.8 Å². The summed E-state index contributed by atoms with van der Waals surface area (Å²) in [5, 5.41) is 11.9. The Hall–Kier alpha value is -2.48. The van der Waals surface area contributed by atoms with Gasteiger partial charge in [0, 0.05) is 45.0 Å². The largest absolute Gasteiger partial charge is 0.493 e. The zero-order chi connectivity index (χ0) is 18.9. The smallest absolute Gasteiger partial charge is 0.321 e. The van der Waals surface area contributed by atoms with Gasteiger partial charge in [-0.2, -0.15) is 0 Å². The number of carboxylic acid groups (broad SMARTS) is 1. The molecule has 1 atom stereocenters. The van der Waals surface area contributed by atoms with Crippen molar-refractivity contribution in [3.05, 3.63) is 18.2 Å². The summed E-state index contributed by atoms with van der Waals surface area (Å²) in [5.41, 5.74) is 0.563. The van der Waals surface area contributed by atoms with E-state index in [1.165, 1.54) is 12.0 Å². The minimum Gasteiger partial charge on any atom is -0.493 e. The summed E-state index contributed by atoms with van der Waals surface area (Å²) in [6, 6.07) is 4.83. The van der Waals surface area contributed by atoms with Gasteiger partial charge in [-0.15, -0.1) is 0 Å². The van der Waals surface area contributed by atoms with E-state index in [1.807, 2.05) is 0 Å². The Kier molecular flexibility index (Phi) is 7.53. The molecular formula is C18H26N2O6. The van der Waals surface area contributed by atoms with Gasteiger partial charge in [-0.3, -0.25) is 4.79 Å². The number of urea groups is 1. The van der Waals surface area contributed by atoms with Crippen LogP contribution < -0.4 is 14.8 Å². The topological polar surface area (TPSA) is 97.3 Å². The van der Waals surface area contributed by atoms with Crippen LogP contribution in [0.25, 0.3) is 0 Å². The molecule has 1 aliphatic rings. The molecule has 2 amide bonds. The van der Waals surface area contributed by atoms with Gasteiger partial charge in [0.25, 0.3) is 0 Å². The highest BCUT2D eigenvalue weighted by Crippen LogP contribution is 2.30. The van der Waals surface area contributed by atoms with Crippen LogP contribution in [0.1, 0.15) is 19.3 Å². The lowest BCUT2D eigenvalue weighted by molar-refractivity contribution is -0.143. The summed E-state index contributed by atoms with van der Waals surface area (Å²) in [6.07, 6.45) is 2.04. The lowest BCUT2D eigenvalue weighted by atomic mass is 9.99. The van der Waals surface area contributed by atoms with E-state index < -0.39 is 11.9 Å². The van der Waals surface area contributed by atoms with Crippen LogP contribution in [-0.4, -0.2) is 62.5 Å². The highest BCUT2D eigenvalue weighted by atomic mass is 16.5. The molecule has 26 heavy (non-hydrogen) atoms. The summed E-state index contributed by atoms with van der Waals surface area (Å²) < 4.78 is 16.0. The number of nitrogens with zero attached hydrogens (tertiary/aromatic N) is 1. The molecule has 1 heterocycles. The average molecular weight is 366 g/mol. The molecule has 0 saturated carbocycles. The Labute approximate surface area is 153 Å². The Morgan fingerprint density at radius 3 is 2.77 bits per heavy atom. The molecule has 0 aromatic heterocycles. The van der Waals surface area contributed by atoms with Crippen molar-refractivity contribution >= 4 is 17.7 Å². The lowest BCUT2D eigenvalue weighted by Crippen LogP contribution is -2.44. The number of likely N-dealkylation sites (tertiary alicyclic amines) is 1. The molecule has 2 rings (SSSR count). The Bertz CT molecular complexity index is 622. The molecule has 144 valence electrons. The van der Waals surface area contributed by atoms with E-state index >= 15 is 0 Å². The Balaban J connectivity index is 1.96. The van der Waals surface area contributed by atoms with Crippen molar-refractivity contribution in [2.45, 2.75) is 19.3 Å². The van der Waals surface area contributed by atoms with E-state index in [0.29, 0.717) is 49.8 Å². The molecule has 8 nitrogen and oxygen atoms in total. The molecule has 1 aromatic carbocycles. The number of methoxy groups -OCH3 is 2. The van der Waals surface area contributed by atoms with E-state index in [0.717, 1.165) is 6.42 Å². The first kappa shape index (κ1) is 19.8. The van der Waals surface area contributed by atoms with Crippen LogP contribution >= 0.6 is 0 Å². The van der Waals surface area contributed by atoms with Gasteiger partial charge in [-0.25, -0.2) is 4.79 Å². The lowest BCUT2D eigenvalue weighted by Gasteiger charge is -2.30. The van der Waals surface area contributed by atoms with Gasteiger partial charge in [0.2, 0.25) is 0 Å². The van der Waals surface area contributed by atoms with Gasteiger partial charge in [0.15, 0.2) is 11.5 Å². The highest BCUT2D eigenvalue weighted by Gasteiger charge is 2.28. The maximum atomic E-state index is 12.4. The van der Waals surface area contributed by atoms with E-state index in [1.54, 1.807) is 25.3 Å². The average Bonchev–Trinajstić information content (AvgIpc) is 2.66. The van der Waals surface area contributed by atoms with Gasteiger partial charge >= 0.3 is 12.0 Å². The molecule has 1 aliphatic heterocycles. The summed E-state index contributed by atoms with van der Waals surface area (Å²) in [5.74, 6) is -0.265. The number of nitrogens with one attached hydrogen (secondary N) is 1. The Morgan fingerprint density at radius 2 is 2.08 bits per heavy atom. The van der Waals surface area contributed by atoms with E-state index in [9.17, 15) is 9.59 Å². The second-order valence-electron chi connectivity index (χ2n) is 6.11. The van der Waals surface area contributed by atoms with Crippen molar-refractivity contribution in [3.8, 4) is 11.5 Å². The van der Waals surface area contributed by atoms with Crippen LogP contribution in [0, 0.1) is 5.92 Å². The van der Waals surface area contributed by atoms with Crippen molar-refractivity contribution < 1.29 is 28.9 Å². The molecule has 0 radical (unpaired) electrons. The van der Waals surface area contributed by atoms with Crippen LogP contribution in [0.15, 0.2) is 18.2 Å². The van der Waals surface area contributed by atoms with Crippen LogP contribution in [-0.2, 0) is 9.53 Å². The molecule has 1 aromatic rings. The third kappa shape index (κ3) is 5.52. The molecule has 1 saturated heterocycles. The minimum absolute atomic E-state index is 0.221. The third-order valence-corrected chi connectivity index (χ3v) is 4.22. The first-order chi connectivity index (χ1) is 12.5. The second-order valence-corrected chi connectivity index (χ2v) is 6.11. The number of benzene rings is 1. The van der Waals surface area contributed by atoms with Crippen molar-refractivity contribution in [2.24, 2.45) is 5.92 Å². The number of carbonyl (C=O) groups is 2. The molecule has 1 fully saturated rings. The SMILES string of the molecule is COCCCOc1ccc(NC(=O)N2CCCC(C(=O)O)C2)cc1OC. The predicted octanol–water partition coefficient (Wildman–Crippen LogP) is 2.44. The number of anilines is 1. The first-order valence-electron chi connectivity index (χ1n) is 8.63. The molecule has 8 heteroatoms. The number of hydrogen-bond acceptors (Lipinski definition) is 5. The maximum absolute atomic E-state index is 12.4. The number of aliphatic carboxylic acids is 1. The van der Waals surface area contributed by atoms with Gasteiger partial charge < -0.3 is 29.5 Å². The van der Waals surface area contributed by atoms with E-state index in [-0.39, 0.29) is 12.6 Å². The molecule has 0 aliphatic carbocycles. The van der Waals surface area contributed by atoms with Crippen molar-refractivity contribution in [1.82, 2.24) is 4.90 Å². The minimum atomic E-state index is -0.862. The van der Waals surface area contributed by atoms with Gasteiger partial charge in [0.05, 0.1) is 19.6 Å². The van der Waals surface area contributed by atoms with Gasteiger partial charge in [-0.1, -0.05) is 0 Å². The molecule has 0 spiro atoms. The fourth-order valence-corrected chi connectivity index (χ4v) is 2.82. The molecule has 1 unspecified atom stereocenters. The summed E-state index contributed by atoms with van der Waals surface area (Å²) in [6.45, 7) is 1.89. The highest BCUT2D eigenvalue weighted by molar-refractivity contribution is 5.90. The number of hydrogen-bond donors (Lipinski definition) is 2. The van der Waals surface area contributed by atoms with Gasteiger partial charge in [-0.05, 0) is 25.0 Å². The number of rotatable bonds is 8. The van der Waals surface area contributed by atoms with Crippen LogP contribution in [0.3, 0.4) is 0 Å². The van der Waals surface area contributed by atoms with E-state index in [4.69, 9.17) is 19.3 Å². The zero-order valence-corrected chi connectivity index (χ0v) is 15.2. The van der Waals surface area contributed by atoms with Crippen LogP contribution in [0.2, 0.25) is 0 Å². The van der Waals surface area contributed by atoms with Crippen molar-refractivity contribution in [3.63, 3.8) is 0 Å². The first-order valence-corrected chi connectivity index (χ1v) is 8.63. The zero-order valence-electron chi connectivity index (χ0n) is 15.2. The quantitative estimate of drug-likeness (QED) is 0.686. The molecule has 2 N–H and O–H groups in total. The monoisotopic (exact) mass is 366 g/mol. The number of carbonyl (C=O) groups excluding carboxylic acids is 1. The summed E-state index contributed by atoms with van der Waals surface area (Å²) in [7, 11) is 3.17. The van der Waals surface area contributed by atoms with Crippen LogP contribution in [0.5, 0.6) is 11.5 Å². The number of carboxylic acids is 1. The van der Waals surface area contributed by atoms with E-state index in [2.05, 4.69) is 5.32 Å². The number of ether oxygens (including phenoxy) is 3. The molecular weight excluding hydrogens is 340 g/mol. The second kappa shape index (κ2) is 9.86. The fraction of sp³-hybridized carbons (Fsp3) is 0.556. The Morgan fingerprint density at radius 1 is 1.27 bits per heavy atom. The van der Waals surface area contributed by atoms with Crippen LogP contribution in [0.4, 0.5) is 10.5 Å². The normalized spacial score (nSPS) is 16.8. The van der Waals surface area contributed by atoms with Crippen molar-refractivity contribution in [1.29, 1.82) is 0 Å². The maximum Gasteiger partial charge on any atom is 0.321 e. The summed E-state index contributed by atoms with van der Waals surface area (Å²) in [4.78, 5) is 25.1. The predicted molar refractivity (Wildman–Crippen MR) is 95.9 cm³/mol. The number of amides is 2. The standard InChI is InChI=1S/C18H26N2O6/c1-24-9-4-10-26-15-7-6-14(11-16(15)25-2)19-18(23)20-8-3-5-13(12-20)17(21)22/h6-7,11,13H,3-5,8-10,12H2,1-2H3,(H,19,23)(H,21,22). The number of piperidine rings is 1. The van der Waals surface area contributed by atoms with Gasteiger partial charge in [0.1, 0.15) is 0 Å². The fourth-order valence-electron chi connectivity index (χ4n) is 2.82.